The van der Waals surface area contributed by atoms with Crippen LogP contribution in [0.3, 0.4) is 0 Å². The minimum absolute atomic E-state index is 0.114. The maximum atomic E-state index is 6.05. The third kappa shape index (κ3) is 3.12. The molecule has 0 bridgehead atoms. The molecule has 0 amide bonds. The van der Waals surface area contributed by atoms with Gasteiger partial charge in [0.05, 0.1) is 5.02 Å². The lowest BCUT2D eigenvalue weighted by atomic mass is 9.88. The van der Waals surface area contributed by atoms with Gasteiger partial charge in [0.25, 0.3) is 0 Å². The zero-order chi connectivity index (χ0) is 12.3. The molecule has 1 rings (SSSR count). The lowest BCUT2D eigenvalue weighted by Crippen LogP contribution is -2.47. The molecular weight excluding hydrogens is 288 g/mol. The van der Waals surface area contributed by atoms with Gasteiger partial charge in [-0.15, -0.1) is 0 Å². The number of nitrogens with one attached hydrogen (secondary N) is 1. The highest BCUT2D eigenvalue weighted by Crippen LogP contribution is 2.28. The Bertz CT molecular complexity index is 368. The van der Waals surface area contributed by atoms with Gasteiger partial charge in [-0.2, -0.15) is 0 Å². The van der Waals surface area contributed by atoms with Crippen molar-refractivity contribution in [1.82, 2.24) is 0 Å². The summed E-state index contributed by atoms with van der Waals surface area (Å²) >= 11 is 9.42. The molecule has 90 valence electrons. The zero-order valence-electron chi connectivity index (χ0n) is 9.85. The first-order chi connectivity index (χ1) is 7.39. The van der Waals surface area contributed by atoms with E-state index in [1.165, 1.54) is 0 Å². The van der Waals surface area contributed by atoms with Crippen LogP contribution in [0.2, 0.25) is 5.02 Å². The topological polar surface area (TPSA) is 38.0 Å². The van der Waals surface area contributed by atoms with Gasteiger partial charge >= 0.3 is 0 Å². The van der Waals surface area contributed by atoms with E-state index < -0.39 is 0 Å². The average molecular weight is 306 g/mol. The lowest BCUT2D eigenvalue weighted by molar-refractivity contribution is 0.382. The van der Waals surface area contributed by atoms with E-state index in [0.29, 0.717) is 17.5 Å². The third-order valence-electron chi connectivity index (χ3n) is 3.05. The van der Waals surface area contributed by atoms with E-state index in [9.17, 15) is 0 Å². The summed E-state index contributed by atoms with van der Waals surface area (Å²) in [6, 6.07) is 5.83. The molecule has 0 saturated heterocycles. The highest BCUT2D eigenvalue weighted by atomic mass is 79.9. The number of benzene rings is 1. The van der Waals surface area contributed by atoms with Crippen LogP contribution < -0.4 is 11.1 Å². The second-order valence-electron chi connectivity index (χ2n) is 4.53. The van der Waals surface area contributed by atoms with Gasteiger partial charge in [0, 0.05) is 22.2 Å². The molecule has 1 aromatic carbocycles. The van der Waals surface area contributed by atoms with Gasteiger partial charge in [-0.25, -0.2) is 0 Å². The van der Waals surface area contributed by atoms with Crippen LogP contribution in [0.1, 0.15) is 20.8 Å². The van der Waals surface area contributed by atoms with Crippen LogP contribution >= 0.6 is 27.5 Å². The summed E-state index contributed by atoms with van der Waals surface area (Å²) in [5.74, 6) is 0.444. The molecule has 1 unspecified atom stereocenters. The Morgan fingerprint density at radius 2 is 2.12 bits per heavy atom. The van der Waals surface area contributed by atoms with Crippen LogP contribution in [-0.4, -0.2) is 12.1 Å². The number of rotatable bonds is 4. The summed E-state index contributed by atoms with van der Waals surface area (Å²) in [7, 11) is 0. The number of nitrogens with two attached hydrogens (primary N) is 1. The number of hydrogen-bond donors (Lipinski definition) is 2. The van der Waals surface area contributed by atoms with Crippen LogP contribution in [-0.2, 0) is 0 Å². The molecule has 0 saturated carbocycles. The first-order valence-corrected chi connectivity index (χ1v) is 6.49. The fraction of sp³-hybridized carbons (Fsp3) is 0.500. The Morgan fingerprint density at radius 1 is 1.50 bits per heavy atom. The molecule has 0 heterocycles. The predicted molar refractivity (Wildman–Crippen MR) is 75.1 cm³/mol. The molecule has 2 nitrogen and oxygen atoms in total. The highest BCUT2D eigenvalue weighted by Gasteiger charge is 2.26. The average Bonchev–Trinajstić information content (AvgIpc) is 2.23. The van der Waals surface area contributed by atoms with Crippen LogP contribution in [0.5, 0.6) is 0 Å². The van der Waals surface area contributed by atoms with Gasteiger partial charge < -0.3 is 11.1 Å². The largest absolute Gasteiger partial charge is 0.378 e. The summed E-state index contributed by atoms with van der Waals surface area (Å²) in [6.07, 6.45) is 0. The predicted octanol–water partition coefficient (Wildman–Crippen LogP) is 3.89. The minimum Gasteiger partial charge on any atom is -0.378 e. The molecule has 4 heteroatoms. The lowest BCUT2D eigenvalue weighted by Gasteiger charge is -2.34. The second kappa shape index (κ2) is 5.39. The van der Waals surface area contributed by atoms with Gasteiger partial charge in [0.2, 0.25) is 0 Å². The summed E-state index contributed by atoms with van der Waals surface area (Å²) < 4.78 is 0.902. The van der Waals surface area contributed by atoms with Crippen LogP contribution in [0, 0.1) is 5.92 Å². The molecule has 0 spiro atoms. The van der Waals surface area contributed by atoms with Gasteiger partial charge in [0.1, 0.15) is 0 Å². The summed E-state index contributed by atoms with van der Waals surface area (Å²) in [6.45, 7) is 7.01. The first kappa shape index (κ1) is 13.8. The molecule has 0 radical (unpaired) electrons. The van der Waals surface area contributed by atoms with Crippen molar-refractivity contribution >= 4 is 33.2 Å². The van der Waals surface area contributed by atoms with E-state index in [4.69, 9.17) is 17.3 Å². The normalized spacial score (nSPS) is 14.9. The Morgan fingerprint density at radius 3 is 2.56 bits per heavy atom. The Hall–Kier alpha value is -0.250. The minimum atomic E-state index is -0.114. The number of anilines is 1. The summed E-state index contributed by atoms with van der Waals surface area (Å²) in [5.41, 5.74) is 6.70. The Balaban J connectivity index is 2.90. The van der Waals surface area contributed by atoms with E-state index in [1.807, 2.05) is 18.2 Å². The molecule has 16 heavy (non-hydrogen) atoms. The Kier molecular flexibility index (Phi) is 4.65. The van der Waals surface area contributed by atoms with E-state index in [0.717, 1.165) is 10.2 Å². The van der Waals surface area contributed by atoms with Crippen LogP contribution in [0.4, 0.5) is 5.69 Å². The number of halogens is 2. The fourth-order valence-corrected chi connectivity index (χ4v) is 1.76. The fourth-order valence-electron chi connectivity index (χ4n) is 1.33. The van der Waals surface area contributed by atoms with Gasteiger partial charge in [0.15, 0.2) is 0 Å². The molecular formula is C12H18BrClN2. The first-order valence-electron chi connectivity index (χ1n) is 5.32. The smallest absolute Gasteiger partial charge is 0.0568 e. The summed E-state index contributed by atoms with van der Waals surface area (Å²) in [5, 5.41) is 4.14. The molecule has 0 fully saturated rings. The quantitative estimate of drug-likeness (QED) is 0.885. The van der Waals surface area contributed by atoms with Crippen molar-refractivity contribution in [2.75, 3.05) is 11.9 Å². The second-order valence-corrected chi connectivity index (χ2v) is 5.79. The zero-order valence-corrected chi connectivity index (χ0v) is 12.2. The molecule has 0 aliphatic heterocycles. The van der Waals surface area contributed by atoms with E-state index in [2.05, 4.69) is 42.0 Å². The van der Waals surface area contributed by atoms with Crippen molar-refractivity contribution in [2.24, 2.45) is 11.7 Å². The van der Waals surface area contributed by atoms with Crippen molar-refractivity contribution < 1.29 is 0 Å². The molecule has 0 aliphatic rings. The van der Waals surface area contributed by atoms with Crippen molar-refractivity contribution in [3.05, 3.63) is 27.7 Å². The van der Waals surface area contributed by atoms with E-state index in [-0.39, 0.29) is 5.54 Å². The van der Waals surface area contributed by atoms with Gasteiger partial charge in [-0.1, -0.05) is 25.4 Å². The molecule has 3 N–H and O–H groups in total. The van der Waals surface area contributed by atoms with E-state index >= 15 is 0 Å². The van der Waals surface area contributed by atoms with Crippen molar-refractivity contribution in [3.63, 3.8) is 0 Å². The SMILES string of the molecule is CC(C)C(C)(CN)Nc1ccc(Br)c(Cl)c1. The molecule has 0 aliphatic carbocycles. The van der Waals surface area contributed by atoms with Crippen molar-refractivity contribution in [3.8, 4) is 0 Å². The summed E-state index contributed by atoms with van der Waals surface area (Å²) in [4.78, 5) is 0. The van der Waals surface area contributed by atoms with E-state index in [1.54, 1.807) is 0 Å². The molecule has 1 aromatic rings. The molecule has 0 aromatic heterocycles. The van der Waals surface area contributed by atoms with Crippen LogP contribution in [0.25, 0.3) is 0 Å². The monoisotopic (exact) mass is 304 g/mol. The Labute approximate surface area is 111 Å². The molecule has 1 atom stereocenters. The van der Waals surface area contributed by atoms with Gasteiger partial charge in [-0.3, -0.25) is 0 Å². The van der Waals surface area contributed by atoms with Gasteiger partial charge in [-0.05, 0) is 47.0 Å². The number of hydrogen-bond acceptors (Lipinski definition) is 2. The highest BCUT2D eigenvalue weighted by molar-refractivity contribution is 9.10. The maximum absolute atomic E-state index is 6.05. The van der Waals surface area contributed by atoms with Crippen LogP contribution in [0.15, 0.2) is 22.7 Å². The maximum Gasteiger partial charge on any atom is 0.0568 e. The standard InChI is InChI=1S/C12H18BrClN2/c1-8(2)12(3,7-15)16-9-4-5-10(13)11(14)6-9/h4-6,8,16H,7,15H2,1-3H3. The third-order valence-corrected chi connectivity index (χ3v) is 4.28. The van der Waals surface area contributed by atoms with Crippen molar-refractivity contribution in [1.29, 1.82) is 0 Å². The van der Waals surface area contributed by atoms with Crippen molar-refractivity contribution in [2.45, 2.75) is 26.3 Å².